The predicted octanol–water partition coefficient (Wildman–Crippen LogP) is 3.05. The molecule has 1 saturated heterocycles. The van der Waals surface area contributed by atoms with E-state index >= 15 is 0 Å². The molecular formula is C16H29NO3. The Labute approximate surface area is 122 Å². The van der Waals surface area contributed by atoms with E-state index in [1.807, 2.05) is 0 Å². The van der Waals surface area contributed by atoms with Gasteiger partial charge >= 0.3 is 5.97 Å². The van der Waals surface area contributed by atoms with Gasteiger partial charge in [-0.15, -0.1) is 0 Å². The summed E-state index contributed by atoms with van der Waals surface area (Å²) in [6, 6.07) is 0.888. The summed E-state index contributed by atoms with van der Waals surface area (Å²) in [5, 5.41) is 8.93. The first-order valence-corrected chi connectivity index (χ1v) is 8.14. The van der Waals surface area contributed by atoms with Crippen molar-refractivity contribution in [1.29, 1.82) is 0 Å². The Kier molecular flexibility index (Phi) is 5.44. The topological polar surface area (TPSA) is 49.8 Å². The maximum absolute atomic E-state index is 10.9. The summed E-state index contributed by atoms with van der Waals surface area (Å²) in [4.78, 5) is 13.2. The Morgan fingerprint density at radius 1 is 1.35 bits per heavy atom. The third kappa shape index (κ3) is 3.95. The fourth-order valence-electron chi connectivity index (χ4n) is 3.92. The number of nitrogens with zero attached hydrogens (tertiary/aromatic N) is 1. The summed E-state index contributed by atoms with van der Waals surface area (Å²) in [5.74, 6) is -0.699. The van der Waals surface area contributed by atoms with Gasteiger partial charge in [0.15, 0.2) is 0 Å². The first-order chi connectivity index (χ1) is 9.52. The van der Waals surface area contributed by atoms with E-state index in [0.717, 1.165) is 19.4 Å². The smallest absolute Gasteiger partial charge is 0.304 e. The van der Waals surface area contributed by atoms with Crippen LogP contribution in [0.3, 0.4) is 0 Å². The van der Waals surface area contributed by atoms with Crippen LogP contribution >= 0.6 is 0 Å². The van der Waals surface area contributed by atoms with E-state index < -0.39 is 5.97 Å². The number of carbonyl (C=O) groups is 1. The van der Waals surface area contributed by atoms with Crippen molar-refractivity contribution < 1.29 is 14.6 Å². The van der Waals surface area contributed by atoms with E-state index in [2.05, 4.69) is 18.7 Å². The Balaban J connectivity index is 1.98. The van der Waals surface area contributed by atoms with Crippen LogP contribution in [0.1, 0.15) is 65.2 Å². The van der Waals surface area contributed by atoms with Crippen LogP contribution < -0.4 is 0 Å². The molecule has 2 aliphatic rings. The third-order valence-corrected chi connectivity index (χ3v) is 4.95. The minimum absolute atomic E-state index is 0.0948. The van der Waals surface area contributed by atoms with Gasteiger partial charge in [-0.1, -0.05) is 19.3 Å². The molecule has 2 fully saturated rings. The number of ether oxygens (including phenoxy) is 1. The third-order valence-electron chi connectivity index (χ3n) is 4.95. The van der Waals surface area contributed by atoms with Crippen molar-refractivity contribution in [2.75, 3.05) is 13.2 Å². The minimum atomic E-state index is -0.699. The van der Waals surface area contributed by atoms with Gasteiger partial charge < -0.3 is 9.84 Å². The van der Waals surface area contributed by atoms with E-state index in [1.165, 1.54) is 32.1 Å². The van der Waals surface area contributed by atoms with Crippen LogP contribution in [0.4, 0.5) is 0 Å². The van der Waals surface area contributed by atoms with Crippen molar-refractivity contribution in [2.45, 2.75) is 82.9 Å². The largest absolute Gasteiger partial charge is 0.481 e. The summed E-state index contributed by atoms with van der Waals surface area (Å²) >= 11 is 0. The molecule has 0 aromatic rings. The zero-order valence-corrected chi connectivity index (χ0v) is 12.9. The zero-order chi connectivity index (χ0) is 14.6. The van der Waals surface area contributed by atoms with Crippen LogP contribution in [-0.2, 0) is 9.53 Å². The van der Waals surface area contributed by atoms with Crippen LogP contribution in [0, 0.1) is 0 Å². The van der Waals surface area contributed by atoms with Gasteiger partial charge in [-0.2, -0.15) is 0 Å². The van der Waals surface area contributed by atoms with Gasteiger partial charge in [-0.3, -0.25) is 9.69 Å². The number of carboxylic acids is 1. The van der Waals surface area contributed by atoms with Crippen molar-refractivity contribution >= 4 is 5.97 Å². The average Bonchev–Trinajstić information content (AvgIpc) is 2.39. The van der Waals surface area contributed by atoms with Gasteiger partial charge in [0.05, 0.1) is 12.0 Å². The highest BCUT2D eigenvalue weighted by molar-refractivity contribution is 5.66. The molecule has 0 amide bonds. The Morgan fingerprint density at radius 2 is 2.05 bits per heavy atom. The SMILES string of the molecule is CC(C)N(CCC(=O)O)C1CCOC2(CCCCC2)C1. The molecule has 2 rings (SSSR count). The molecule has 1 atom stereocenters. The fourth-order valence-corrected chi connectivity index (χ4v) is 3.92. The highest BCUT2D eigenvalue weighted by Gasteiger charge is 2.40. The van der Waals surface area contributed by atoms with Gasteiger partial charge in [-0.25, -0.2) is 0 Å². The van der Waals surface area contributed by atoms with E-state index in [-0.39, 0.29) is 12.0 Å². The van der Waals surface area contributed by atoms with Crippen molar-refractivity contribution in [3.05, 3.63) is 0 Å². The molecule has 116 valence electrons. The lowest BCUT2D eigenvalue weighted by Crippen LogP contribution is -2.51. The van der Waals surface area contributed by atoms with Crippen molar-refractivity contribution in [3.8, 4) is 0 Å². The summed E-state index contributed by atoms with van der Waals surface area (Å²) < 4.78 is 6.15. The van der Waals surface area contributed by atoms with Crippen LogP contribution in [0.15, 0.2) is 0 Å². The first kappa shape index (κ1) is 15.8. The number of hydrogen-bond acceptors (Lipinski definition) is 3. The Hall–Kier alpha value is -0.610. The van der Waals surface area contributed by atoms with E-state index in [0.29, 0.717) is 18.6 Å². The Bertz CT molecular complexity index is 318. The molecule has 1 aliphatic heterocycles. The predicted molar refractivity (Wildman–Crippen MR) is 78.9 cm³/mol. The lowest BCUT2D eigenvalue weighted by Gasteiger charge is -2.47. The minimum Gasteiger partial charge on any atom is -0.481 e. The average molecular weight is 283 g/mol. The monoisotopic (exact) mass is 283 g/mol. The summed E-state index contributed by atoms with van der Waals surface area (Å²) in [6.07, 6.45) is 8.64. The molecule has 20 heavy (non-hydrogen) atoms. The summed E-state index contributed by atoms with van der Waals surface area (Å²) in [5.41, 5.74) is 0.0948. The number of carboxylic acid groups (broad SMARTS) is 1. The maximum atomic E-state index is 10.9. The molecule has 1 heterocycles. The lowest BCUT2D eigenvalue weighted by molar-refractivity contribution is -0.139. The van der Waals surface area contributed by atoms with Crippen LogP contribution in [0.2, 0.25) is 0 Å². The van der Waals surface area contributed by atoms with Crippen molar-refractivity contribution in [1.82, 2.24) is 4.90 Å². The van der Waals surface area contributed by atoms with Crippen LogP contribution in [0.25, 0.3) is 0 Å². The van der Waals surface area contributed by atoms with Crippen LogP contribution in [0.5, 0.6) is 0 Å². The molecule has 1 N–H and O–H groups in total. The standard InChI is InChI=1S/C16H29NO3/c1-13(2)17(10-6-15(18)19)14-7-11-20-16(12-14)8-4-3-5-9-16/h13-14H,3-12H2,1-2H3,(H,18,19). The molecule has 0 bridgehead atoms. The number of rotatable bonds is 5. The van der Waals surface area contributed by atoms with Gasteiger partial charge in [0.2, 0.25) is 0 Å². The molecule has 4 nitrogen and oxygen atoms in total. The molecule has 1 unspecified atom stereocenters. The molecule has 0 aromatic heterocycles. The van der Waals surface area contributed by atoms with E-state index in [9.17, 15) is 4.79 Å². The van der Waals surface area contributed by atoms with Gasteiger partial charge in [0, 0.05) is 25.2 Å². The highest BCUT2D eigenvalue weighted by atomic mass is 16.5. The first-order valence-electron chi connectivity index (χ1n) is 8.14. The second-order valence-electron chi connectivity index (χ2n) is 6.71. The van der Waals surface area contributed by atoms with Gasteiger partial charge in [0.1, 0.15) is 0 Å². The summed E-state index contributed by atoms with van der Waals surface area (Å²) in [7, 11) is 0. The molecule has 0 aromatic carbocycles. The lowest BCUT2D eigenvalue weighted by atomic mass is 9.77. The van der Waals surface area contributed by atoms with Gasteiger partial charge in [0.25, 0.3) is 0 Å². The normalized spacial score (nSPS) is 26.3. The maximum Gasteiger partial charge on any atom is 0.304 e. The molecule has 4 heteroatoms. The van der Waals surface area contributed by atoms with Crippen molar-refractivity contribution in [3.63, 3.8) is 0 Å². The molecule has 1 aliphatic carbocycles. The fraction of sp³-hybridized carbons (Fsp3) is 0.938. The second kappa shape index (κ2) is 6.90. The van der Waals surface area contributed by atoms with Crippen LogP contribution in [-0.4, -0.2) is 46.8 Å². The Morgan fingerprint density at radius 3 is 2.65 bits per heavy atom. The van der Waals surface area contributed by atoms with Gasteiger partial charge in [-0.05, 0) is 39.5 Å². The number of hydrogen-bond donors (Lipinski definition) is 1. The molecule has 1 spiro atoms. The van der Waals surface area contributed by atoms with Crippen molar-refractivity contribution in [2.24, 2.45) is 0 Å². The summed E-state index contributed by atoms with van der Waals surface area (Å²) in [6.45, 7) is 5.84. The molecule has 0 radical (unpaired) electrons. The number of aliphatic carboxylic acids is 1. The quantitative estimate of drug-likeness (QED) is 0.842. The van der Waals surface area contributed by atoms with E-state index in [4.69, 9.17) is 9.84 Å². The molecular weight excluding hydrogens is 254 g/mol. The second-order valence-corrected chi connectivity index (χ2v) is 6.71. The molecule has 1 saturated carbocycles. The zero-order valence-electron chi connectivity index (χ0n) is 12.9. The highest BCUT2D eigenvalue weighted by Crippen LogP contribution is 2.40. The van der Waals surface area contributed by atoms with E-state index in [1.54, 1.807) is 0 Å².